The van der Waals surface area contributed by atoms with Crippen molar-refractivity contribution in [2.75, 3.05) is 31.1 Å². The van der Waals surface area contributed by atoms with Crippen LogP contribution in [-0.4, -0.2) is 42.0 Å². The number of hydrogen-bond acceptors (Lipinski definition) is 4. The maximum atomic E-state index is 13.9. The maximum absolute atomic E-state index is 13.9. The highest BCUT2D eigenvalue weighted by Gasteiger charge is 2.45. The smallest absolute Gasteiger partial charge is 0.233 e. The number of thiazole rings is 1. The SMILES string of the molecule is Cc1csc(N2CCCN(C(=O)C3(c4cccc(F)c4)CCCC3)CC2)n1. The quantitative estimate of drug-likeness (QED) is 0.794. The number of carbonyl (C=O) groups excluding carboxylic acids is 1. The van der Waals surface area contributed by atoms with Gasteiger partial charge in [-0.2, -0.15) is 0 Å². The highest BCUT2D eigenvalue weighted by Crippen LogP contribution is 2.43. The first-order valence-electron chi connectivity index (χ1n) is 9.81. The van der Waals surface area contributed by atoms with E-state index in [4.69, 9.17) is 0 Å². The van der Waals surface area contributed by atoms with E-state index in [2.05, 4.69) is 15.3 Å². The second kappa shape index (κ2) is 7.58. The lowest BCUT2D eigenvalue weighted by Gasteiger charge is -2.34. The molecule has 1 saturated carbocycles. The van der Waals surface area contributed by atoms with Crippen molar-refractivity contribution >= 4 is 22.4 Å². The Morgan fingerprint density at radius 2 is 1.96 bits per heavy atom. The Kier molecular flexibility index (Phi) is 5.17. The largest absolute Gasteiger partial charge is 0.346 e. The van der Waals surface area contributed by atoms with Crippen LogP contribution in [0.1, 0.15) is 43.4 Å². The number of halogens is 1. The van der Waals surface area contributed by atoms with Crippen molar-refractivity contribution < 1.29 is 9.18 Å². The molecule has 2 aromatic rings. The molecule has 0 N–H and O–H groups in total. The lowest BCUT2D eigenvalue weighted by atomic mass is 9.77. The third-order valence-corrected chi connectivity index (χ3v) is 6.92. The van der Waals surface area contributed by atoms with Gasteiger partial charge in [0.05, 0.1) is 11.1 Å². The third kappa shape index (κ3) is 3.59. The van der Waals surface area contributed by atoms with Gasteiger partial charge in [0.1, 0.15) is 5.82 Å². The Labute approximate surface area is 164 Å². The summed E-state index contributed by atoms with van der Waals surface area (Å²) in [6, 6.07) is 6.67. The van der Waals surface area contributed by atoms with Crippen LogP contribution in [0.3, 0.4) is 0 Å². The molecule has 2 heterocycles. The second-order valence-corrected chi connectivity index (χ2v) is 8.54. The third-order valence-electron chi connectivity index (χ3n) is 5.90. The molecular formula is C21H26FN3OS. The number of nitrogens with zero attached hydrogens (tertiary/aromatic N) is 3. The van der Waals surface area contributed by atoms with E-state index in [1.807, 2.05) is 17.9 Å². The zero-order valence-electron chi connectivity index (χ0n) is 15.8. The number of benzene rings is 1. The molecule has 0 bridgehead atoms. The van der Waals surface area contributed by atoms with Crippen molar-refractivity contribution in [3.8, 4) is 0 Å². The predicted octanol–water partition coefficient (Wildman–Crippen LogP) is 4.14. The highest BCUT2D eigenvalue weighted by molar-refractivity contribution is 7.13. The predicted molar refractivity (Wildman–Crippen MR) is 107 cm³/mol. The molecule has 6 heteroatoms. The Morgan fingerprint density at radius 3 is 2.67 bits per heavy atom. The van der Waals surface area contributed by atoms with Crippen molar-refractivity contribution in [1.82, 2.24) is 9.88 Å². The van der Waals surface area contributed by atoms with Gasteiger partial charge in [-0.15, -0.1) is 11.3 Å². The lowest BCUT2D eigenvalue weighted by molar-refractivity contribution is -0.137. The molecule has 0 unspecified atom stereocenters. The van der Waals surface area contributed by atoms with Gasteiger partial charge < -0.3 is 9.80 Å². The molecule has 2 aliphatic rings. The lowest BCUT2D eigenvalue weighted by Crippen LogP contribution is -2.47. The Hall–Kier alpha value is -1.95. The molecule has 1 amide bonds. The molecule has 4 nitrogen and oxygen atoms in total. The van der Waals surface area contributed by atoms with Crippen LogP contribution in [0.4, 0.5) is 9.52 Å². The topological polar surface area (TPSA) is 36.4 Å². The van der Waals surface area contributed by atoms with Gasteiger partial charge in [0.25, 0.3) is 0 Å². The summed E-state index contributed by atoms with van der Waals surface area (Å²) in [5.74, 6) is -0.0736. The zero-order chi connectivity index (χ0) is 18.9. The molecule has 0 atom stereocenters. The fourth-order valence-electron chi connectivity index (χ4n) is 4.49. The molecule has 144 valence electrons. The van der Waals surface area contributed by atoms with Gasteiger partial charge in [0, 0.05) is 31.6 Å². The molecule has 1 aromatic carbocycles. The van der Waals surface area contributed by atoms with Gasteiger partial charge in [-0.1, -0.05) is 25.0 Å². The summed E-state index contributed by atoms with van der Waals surface area (Å²) in [4.78, 5) is 22.5. The number of hydrogen-bond donors (Lipinski definition) is 0. The van der Waals surface area contributed by atoms with Gasteiger partial charge in [0.15, 0.2) is 5.13 Å². The first kappa shape index (κ1) is 18.4. The van der Waals surface area contributed by atoms with Gasteiger partial charge in [-0.25, -0.2) is 9.37 Å². The van der Waals surface area contributed by atoms with Crippen LogP contribution in [0.15, 0.2) is 29.6 Å². The highest BCUT2D eigenvalue weighted by atomic mass is 32.1. The van der Waals surface area contributed by atoms with Gasteiger partial charge in [0.2, 0.25) is 5.91 Å². The van der Waals surface area contributed by atoms with E-state index in [-0.39, 0.29) is 11.7 Å². The normalized spacial score (nSPS) is 19.9. The van der Waals surface area contributed by atoms with Crippen LogP contribution in [0.2, 0.25) is 0 Å². The van der Waals surface area contributed by atoms with E-state index in [1.54, 1.807) is 23.5 Å². The van der Waals surface area contributed by atoms with E-state index < -0.39 is 5.41 Å². The van der Waals surface area contributed by atoms with E-state index >= 15 is 0 Å². The summed E-state index contributed by atoms with van der Waals surface area (Å²) in [6.07, 6.45) is 4.63. The van der Waals surface area contributed by atoms with Crippen molar-refractivity contribution in [3.05, 3.63) is 46.7 Å². The fraction of sp³-hybridized carbons (Fsp3) is 0.524. The van der Waals surface area contributed by atoms with E-state index in [0.29, 0.717) is 6.54 Å². The van der Waals surface area contributed by atoms with Crippen molar-refractivity contribution in [3.63, 3.8) is 0 Å². The van der Waals surface area contributed by atoms with Crippen LogP contribution in [0.25, 0.3) is 0 Å². The Morgan fingerprint density at radius 1 is 1.15 bits per heavy atom. The molecule has 1 saturated heterocycles. The van der Waals surface area contributed by atoms with Crippen molar-refractivity contribution in [2.45, 2.75) is 44.4 Å². The minimum absolute atomic E-state index is 0.183. The molecular weight excluding hydrogens is 361 g/mol. The zero-order valence-corrected chi connectivity index (χ0v) is 16.6. The Balaban J connectivity index is 1.54. The summed E-state index contributed by atoms with van der Waals surface area (Å²) in [5, 5.41) is 3.11. The molecule has 1 aromatic heterocycles. The van der Waals surface area contributed by atoms with Crippen molar-refractivity contribution in [2.24, 2.45) is 0 Å². The summed E-state index contributed by atoms with van der Waals surface area (Å²) in [6.45, 7) is 5.20. The van der Waals surface area contributed by atoms with Crippen LogP contribution < -0.4 is 4.90 Å². The average Bonchev–Trinajstić information content (AvgIpc) is 3.26. The molecule has 1 aliphatic carbocycles. The molecule has 4 rings (SSSR count). The van der Waals surface area contributed by atoms with Crippen molar-refractivity contribution in [1.29, 1.82) is 0 Å². The molecule has 0 spiro atoms. The number of aryl methyl sites for hydroxylation is 1. The van der Waals surface area contributed by atoms with E-state index in [9.17, 15) is 9.18 Å². The standard InChI is InChI=1S/C21H26FN3OS/c1-16-15-27-20(23-16)25-11-5-10-24(12-13-25)19(26)21(8-2-3-9-21)17-6-4-7-18(22)14-17/h4,6-7,14-15H,2-3,5,8-13H2,1H3. The first-order valence-corrected chi connectivity index (χ1v) is 10.7. The summed E-state index contributed by atoms with van der Waals surface area (Å²) in [7, 11) is 0. The Bertz CT molecular complexity index is 815. The minimum Gasteiger partial charge on any atom is -0.346 e. The molecule has 1 aliphatic heterocycles. The summed E-state index contributed by atoms with van der Waals surface area (Å²) in [5.41, 5.74) is 1.35. The number of carbonyl (C=O) groups is 1. The fourth-order valence-corrected chi connectivity index (χ4v) is 5.35. The number of rotatable bonds is 3. The minimum atomic E-state index is -0.547. The summed E-state index contributed by atoms with van der Waals surface area (Å²) < 4.78 is 13.9. The maximum Gasteiger partial charge on any atom is 0.233 e. The molecule has 0 radical (unpaired) electrons. The average molecular weight is 388 g/mol. The second-order valence-electron chi connectivity index (χ2n) is 7.70. The van der Waals surface area contributed by atoms with E-state index in [1.165, 1.54) is 6.07 Å². The van der Waals surface area contributed by atoms with Crippen LogP contribution >= 0.6 is 11.3 Å². The summed E-state index contributed by atoms with van der Waals surface area (Å²) >= 11 is 1.67. The monoisotopic (exact) mass is 387 g/mol. The number of anilines is 1. The van der Waals surface area contributed by atoms with Crippen LogP contribution in [-0.2, 0) is 10.2 Å². The van der Waals surface area contributed by atoms with E-state index in [0.717, 1.165) is 68.1 Å². The van der Waals surface area contributed by atoms with Gasteiger partial charge in [-0.05, 0) is 43.9 Å². The number of amides is 1. The van der Waals surface area contributed by atoms with Crippen LogP contribution in [0, 0.1) is 12.7 Å². The van der Waals surface area contributed by atoms with Crippen LogP contribution in [0.5, 0.6) is 0 Å². The molecule has 2 fully saturated rings. The van der Waals surface area contributed by atoms with Gasteiger partial charge in [-0.3, -0.25) is 4.79 Å². The van der Waals surface area contributed by atoms with Gasteiger partial charge >= 0.3 is 0 Å². The number of aromatic nitrogens is 1. The first-order chi connectivity index (χ1) is 13.1. The molecule has 27 heavy (non-hydrogen) atoms.